The van der Waals surface area contributed by atoms with Gasteiger partial charge in [0.05, 0.1) is 21.3 Å². The monoisotopic (exact) mass is 315 g/mol. The van der Waals surface area contributed by atoms with Gasteiger partial charge in [0.1, 0.15) is 0 Å². The number of carbonyl (C=O) groups is 1. The van der Waals surface area contributed by atoms with Crippen molar-refractivity contribution in [3.05, 3.63) is 53.6 Å². The van der Waals surface area contributed by atoms with E-state index in [4.69, 9.17) is 14.2 Å². The predicted molar refractivity (Wildman–Crippen MR) is 88.3 cm³/mol. The number of carbonyl (C=O) groups excluding carboxylic acids is 1. The number of rotatable bonds is 6. The lowest BCUT2D eigenvalue weighted by molar-refractivity contribution is 0.0784. The Morgan fingerprint density at radius 1 is 0.957 bits per heavy atom. The zero-order valence-electron chi connectivity index (χ0n) is 13.8. The summed E-state index contributed by atoms with van der Waals surface area (Å²) in [6.45, 7) is 0.524. The lowest BCUT2D eigenvalue weighted by Crippen LogP contribution is -2.26. The van der Waals surface area contributed by atoms with Crippen LogP contribution in [0, 0.1) is 0 Å². The number of benzene rings is 2. The van der Waals surface area contributed by atoms with E-state index in [-0.39, 0.29) is 5.91 Å². The summed E-state index contributed by atoms with van der Waals surface area (Å²) in [6, 6.07) is 13.1. The predicted octanol–water partition coefficient (Wildman–Crippen LogP) is 2.98. The number of amides is 1. The van der Waals surface area contributed by atoms with E-state index in [9.17, 15) is 4.79 Å². The molecule has 2 rings (SSSR count). The van der Waals surface area contributed by atoms with Gasteiger partial charge in [-0.15, -0.1) is 0 Å². The lowest BCUT2D eigenvalue weighted by Gasteiger charge is -2.19. The zero-order valence-corrected chi connectivity index (χ0v) is 13.8. The molecule has 0 unspecified atom stereocenters. The summed E-state index contributed by atoms with van der Waals surface area (Å²) < 4.78 is 15.9. The fraction of sp³-hybridized carbons (Fsp3) is 0.278. The Bertz CT molecular complexity index is 645. The van der Waals surface area contributed by atoms with Gasteiger partial charge in [-0.1, -0.05) is 30.3 Å². The second kappa shape index (κ2) is 7.54. The van der Waals surface area contributed by atoms with E-state index in [0.717, 1.165) is 5.56 Å². The first kappa shape index (κ1) is 16.7. The molecule has 0 fully saturated rings. The van der Waals surface area contributed by atoms with E-state index < -0.39 is 0 Å². The summed E-state index contributed by atoms with van der Waals surface area (Å²) in [5.41, 5.74) is 1.55. The molecule has 0 N–H and O–H groups in total. The molecule has 0 aliphatic rings. The Morgan fingerprint density at radius 2 is 1.52 bits per heavy atom. The van der Waals surface area contributed by atoms with Crippen LogP contribution in [-0.4, -0.2) is 39.2 Å². The van der Waals surface area contributed by atoms with Gasteiger partial charge in [-0.25, -0.2) is 0 Å². The summed E-state index contributed by atoms with van der Waals surface area (Å²) in [7, 11) is 6.35. The summed E-state index contributed by atoms with van der Waals surface area (Å²) in [5.74, 6) is 1.27. The molecule has 23 heavy (non-hydrogen) atoms. The van der Waals surface area contributed by atoms with Crippen LogP contribution in [0.15, 0.2) is 42.5 Å². The largest absolute Gasteiger partial charge is 0.493 e. The molecule has 1 amide bonds. The van der Waals surface area contributed by atoms with E-state index >= 15 is 0 Å². The topological polar surface area (TPSA) is 48.0 Å². The van der Waals surface area contributed by atoms with E-state index in [1.165, 1.54) is 21.3 Å². The fourth-order valence-corrected chi connectivity index (χ4v) is 2.35. The van der Waals surface area contributed by atoms with Gasteiger partial charge in [-0.05, 0) is 17.7 Å². The minimum Gasteiger partial charge on any atom is -0.493 e. The molecule has 0 aliphatic heterocycles. The highest BCUT2D eigenvalue weighted by Gasteiger charge is 2.19. The van der Waals surface area contributed by atoms with E-state index in [1.54, 1.807) is 24.1 Å². The SMILES string of the molecule is COc1cc(C(=O)N(C)Cc2ccccc2)cc(OC)c1OC. The smallest absolute Gasteiger partial charge is 0.254 e. The Hall–Kier alpha value is -2.69. The normalized spacial score (nSPS) is 10.1. The van der Waals surface area contributed by atoms with Crippen LogP contribution in [0.3, 0.4) is 0 Å². The van der Waals surface area contributed by atoms with E-state index in [1.807, 2.05) is 30.3 Å². The van der Waals surface area contributed by atoms with Crippen molar-refractivity contribution >= 4 is 5.91 Å². The van der Waals surface area contributed by atoms with Gasteiger partial charge >= 0.3 is 0 Å². The van der Waals surface area contributed by atoms with Crippen molar-refractivity contribution in [2.45, 2.75) is 6.54 Å². The minimum absolute atomic E-state index is 0.117. The molecule has 0 aromatic heterocycles. The molecule has 0 radical (unpaired) electrons. The zero-order chi connectivity index (χ0) is 16.8. The van der Waals surface area contributed by atoms with Gasteiger partial charge in [0.25, 0.3) is 5.91 Å². The Labute approximate surface area is 136 Å². The van der Waals surface area contributed by atoms with Crippen LogP contribution in [-0.2, 0) is 6.54 Å². The number of hydrogen-bond donors (Lipinski definition) is 0. The lowest BCUT2D eigenvalue weighted by atomic mass is 10.1. The molecule has 0 spiro atoms. The molecule has 5 nitrogen and oxygen atoms in total. The van der Waals surface area contributed by atoms with Gasteiger partial charge in [-0.2, -0.15) is 0 Å². The van der Waals surface area contributed by atoms with Gasteiger partial charge in [0, 0.05) is 19.2 Å². The molecule has 2 aromatic carbocycles. The molecule has 0 saturated carbocycles. The van der Waals surface area contributed by atoms with Gasteiger partial charge in [-0.3, -0.25) is 4.79 Å². The molecule has 0 saturated heterocycles. The third-order valence-corrected chi connectivity index (χ3v) is 3.52. The van der Waals surface area contributed by atoms with Crippen LogP contribution in [0.5, 0.6) is 17.2 Å². The van der Waals surface area contributed by atoms with Crippen LogP contribution < -0.4 is 14.2 Å². The third kappa shape index (κ3) is 3.74. The maximum absolute atomic E-state index is 12.7. The van der Waals surface area contributed by atoms with Gasteiger partial charge < -0.3 is 19.1 Å². The number of hydrogen-bond acceptors (Lipinski definition) is 4. The molecule has 0 aliphatic carbocycles. The minimum atomic E-state index is -0.117. The molecule has 122 valence electrons. The summed E-state index contributed by atoms with van der Waals surface area (Å²) in [4.78, 5) is 14.3. The number of nitrogens with zero attached hydrogens (tertiary/aromatic N) is 1. The van der Waals surface area contributed by atoms with Gasteiger partial charge in [0.2, 0.25) is 5.75 Å². The van der Waals surface area contributed by atoms with Crippen LogP contribution in [0.25, 0.3) is 0 Å². The highest BCUT2D eigenvalue weighted by atomic mass is 16.5. The molecule has 0 atom stereocenters. The van der Waals surface area contributed by atoms with Gasteiger partial charge in [0.15, 0.2) is 11.5 Å². The second-order valence-corrected chi connectivity index (χ2v) is 5.06. The van der Waals surface area contributed by atoms with Crippen molar-refractivity contribution in [1.29, 1.82) is 0 Å². The standard InChI is InChI=1S/C18H21NO4/c1-19(12-13-8-6-5-7-9-13)18(20)14-10-15(21-2)17(23-4)16(11-14)22-3/h5-11H,12H2,1-4H3. The third-order valence-electron chi connectivity index (χ3n) is 3.52. The Morgan fingerprint density at radius 3 is 2.00 bits per heavy atom. The van der Waals surface area contributed by atoms with Crippen LogP contribution in [0.2, 0.25) is 0 Å². The maximum atomic E-state index is 12.7. The summed E-state index contributed by atoms with van der Waals surface area (Å²) in [6.07, 6.45) is 0. The molecule has 2 aromatic rings. The Balaban J connectivity index is 2.28. The highest BCUT2D eigenvalue weighted by Crippen LogP contribution is 2.38. The molecule has 0 bridgehead atoms. The average molecular weight is 315 g/mol. The summed E-state index contributed by atoms with van der Waals surface area (Å²) >= 11 is 0. The quantitative estimate of drug-likeness (QED) is 0.822. The van der Waals surface area contributed by atoms with E-state index in [0.29, 0.717) is 29.4 Å². The number of methoxy groups -OCH3 is 3. The highest BCUT2D eigenvalue weighted by molar-refractivity contribution is 5.95. The molecular formula is C18H21NO4. The average Bonchev–Trinajstić information content (AvgIpc) is 2.60. The first-order chi connectivity index (χ1) is 11.1. The van der Waals surface area contributed by atoms with Crippen molar-refractivity contribution in [1.82, 2.24) is 4.90 Å². The van der Waals surface area contributed by atoms with Crippen LogP contribution in [0.1, 0.15) is 15.9 Å². The van der Waals surface area contributed by atoms with E-state index in [2.05, 4.69) is 0 Å². The number of ether oxygens (including phenoxy) is 3. The Kier molecular flexibility index (Phi) is 5.46. The first-order valence-corrected chi connectivity index (χ1v) is 7.20. The van der Waals surface area contributed by atoms with Crippen molar-refractivity contribution in [2.24, 2.45) is 0 Å². The molecular weight excluding hydrogens is 294 g/mol. The second-order valence-electron chi connectivity index (χ2n) is 5.06. The van der Waals surface area contributed by atoms with Crippen molar-refractivity contribution < 1.29 is 19.0 Å². The fourth-order valence-electron chi connectivity index (χ4n) is 2.35. The summed E-state index contributed by atoms with van der Waals surface area (Å²) in [5, 5.41) is 0. The van der Waals surface area contributed by atoms with Crippen molar-refractivity contribution in [3.63, 3.8) is 0 Å². The van der Waals surface area contributed by atoms with Crippen molar-refractivity contribution in [2.75, 3.05) is 28.4 Å². The van der Waals surface area contributed by atoms with Crippen LogP contribution in [0.4, 0.5) is 0 Å². The first-order valence-electron chi connectivity index (χ1n) is 7.20. The maximum Gasteiger partial charge on any atom is 0.254 e. The molecule has 5 heteroatoms. The molecule has 0 heterocycles. The van der Waals surface area contributed by atoms with Crippen molar-refractivity contribution in [3.8, 4) is 17.2 Å². The van der Waals surface area contributed by atoms with Crippen LogP contribution >= 0.6 is 0 Å².